The number of halogens is 1. The predicted molar refractivity (Wildman–Crippen MR) is 57.0 cm³/mol. The van der Waals surface area contributed by atoms with Gasteiger partial charge in [0.15, 0.2) is 5.78 Å². The van der Waals surface area contributed by atoms with Crippen LogP contribution in [0.25, 0.3) is 0 Å². The van der Waals surface area contributed by atoms with Crippen LogP contribution in [-0.2, 0) is 11.2 Å². The maximum absolute atomic E-state index is 10.9. The number of alkyl halides is 1. The van der Waals surface area contributed by atoms with Crippen LogP contribution in [0, 0.1) is 0 Å². The molecule has 0 bridgehead atoms. The van der Waals surface area contributed by atoms with E-state index in [1.54, 1.807) is 0 Å². The highest BCUT2D eigenvalue weighted by Gasteiger charge is 2.00. The molecule has 0 amide bonds. The molecule has 3 heteroatoms. The SMILES string of the molecule is CCc1ccc(OCC(=O)CCl)cc1. The minimum Gasteiger partial charge on any atom is -0.486 e. The average molecular weight is 213 g/mol. The maximum atomic E-state index is 10.9. The number of carbonyl (C=O) groups excluding carboxylic acids is 1. The van der Waals surface area contributed by atoms with Crippen molar-refractivity contribution >= 4 is 17.4 Å². The van der Waals surface area contributed by atoms with Crippen molar-refractivity contribution in [2.75, 3.05) is 12.5 Å². The van der Waals surface area contributed by atoms with E-state index in [1.807, 2.05) is 24.3 Å². The summed E-state index contributed by atoms with van der Waals surface area (Å²) in [6, 6.07) is 7.70. The second-order valence-electron chi connectivity index (χ2n) is 2.96. The molecule has 0 aliphatic carbocycles. The van der Waals surface area contributed by atoms with E-state index >= 15 is 0 Å². The number of aryl methyl sites for hydroxylation is 1. The molecular formula is C11H13ClO2. The first-order chi connectivity index (χ1) is 6.76. The van der Waals surface area contributed by atoms with Crippen molar-refractivity contribution in [2.45, 2.75) is 13.3 Å². The molecule has 0 N–H and O–H groups in total. The Morgan fingerprint density at radius 1 is 1.36 bits per heavy atom. The van der Waals surface area contributed by atoms with Gasteiger partial charge < -0.3 is 4.74 Å². The molecule has 0 fully saturated rings. The van der Waals surface area contributed by atoms with E-state index in [0.717, 1.165) is 6.42 Å². The molecule has 0 heterocycles. The standard InChI is InChI=1S/C11H13ClO2/c1-2-9-3-5-11(6-4-9)14-8-10(13)7-12/h3-6H,2,7-8H2,1H3. The Bertz CT molecular complexity index is 293. The van der Waals surface area contributed by atoms with Gasteiger partial charge in [0.25, 0.3) is 0 Å². The van der Waals surface area contributed by atoms with Gasteiger partial charge in [-0.2, -0.15) is 0 Å². The Morgan fingerprint density at radius 3 is 2.50 bits per heavy atom. The van der Waals surface area contributed by atoms with Gasteiger partial charge in [0.2, 0.25) is 0 Å². The van der Waals surface area contributed by atoms with Crippen LogP contribution in [0.1, 0.15) is 12.5 Å². The van der Waals surface area contributed by atoms with Gasteiger partial charge in [-0.05, 0) is 24.1 Å². The van der Waals surface area contributed by atoms with Crippen LogP contribution in [0.2, 0.25) is 0 Å². The largest absolute Gasteiger partial charge is 0.486 e. The lowest BCUT2D eigenvalue weighted by Gasteiger charge is -2.04. The second kappa shape index (κ2) is 5.66. The predicted octanol–water partition coefficient (Wildman–Crippen LogP) is 2.44. The first kappa shape index (κ1) is 11.1. The highest BCUT2D eigenvalue weighted by Crippen LogP contribution is 2.12. The summed E-state index contributed by atoms with van der Waals surface area (Å²) in [4.78, 5) is 10.9. The van der Waals surface area contributed by atoms with Crippen LogP contribution in [0.3, 0.4) is 0 Å². The highest BCUT2D eigenvalue weighted by molar-refractivity contribution is 6.27. The Labute approximate surface area is 88.8 Å². The van der Waals surface area contributed by atoms with Gasteiger partial charge in [-0.3, -0.25) is 4.79 Å². The molecule has 2 nitrogen and oxygen atoms in total. The van der Waals surface area contributed by atoms with E-state index in [2.05, 4.69) is 6.92 Å². The molecule has 76 valence electrons. The molecule has 0 radical (unpaired) electrons. The average Bonchev–Trinajstić information content (AvgIpc) is 2.26. The number of hydrogen-bond acceptors (Lipinski definition) is 2. The summed E-state index contributed by atoms with van der Waals surface area (Å²) in [5.74, 6) is 0.611. The van der Waals surface area contributed by atoms with Crippen molar-refractivity contribution in [1.29, 1.82) is 0 Å². The first-order valence-electron chi connectivity index (χ1n) is 4.55. The molecule has 0 spiro atoms. The van der Waals surface area contributed by atoms with Gasteiger partial charge in [0, 0.05) is 0 Å². The fourth-order valence-corrected chi connectivity index (χ4v) is 1.10. The number of carbonyl (C=O) groups is 1. The topological polar surface area (TPSA) is 26.3 Å². The van der Waals surface area contributed by atoms with Gasteiger partial charge in [0.05, 0.1) is 5.88 Å². The van der Waals surface area contributed by atoms with Crippen LogP contribution in [-0.4, -0.2) is 18.3 Å². The quantitative estimate of drug-likeness (QED) is 0.701. The van der Waals surface area contributed by atoms with E-state index in [9.17, 15) is 4.79 Å². The monoisotopic (exact) mass is 212 g/mol. The smallest absolute Gasteiger partial charge is 0.184 e. The maximum Gasteiger partial charge on any atom is 0.184 e. The van der Waals surface area contributed by atoms with Crippen molar-refractivity contribution in [3.8, 4) is 5.75 Å². The van der Waals surface area contributed by atoms with Crippen LogP contribution in [0.4, 0.5) is 0 Å². The zero-order chi connectivity index (χ0) is 10.4. The number of benzene rings is 1. The summed E-state index contributed by atoms with van der Waals surface area (Å²) in [6.45, 7) is 2.14. The number of rotatable bonds is 5. The van der Waals surface area contributed by atoms with Crippen molar-refractivity contribution in [3.63, 3.8) is 0 Å². The van der Waals surface area contributed by atoms with Gasteiger partial charge in [0.1, 0.15) is 12.4 Å². The first-order valence-corrected chi connectivity index (χ1v) is 5.09. The number of Topliss-reactive ketones (excluding diaryl/α,β-unsaturated/α-hetero) is 1. The summed E-state index contributed by atoms with van der Waals surface area (Å²) < 4.78 is 5.22. The fourth-order valence-electron chi connectivity index (χ4n) is 1.02. The molecule has 0 aromatic heterocycles. The Kier molecular flexibility index (Phi) is 4.47. The van der Waals surface area contributed by atoms with Gasteiger partial charge in [-0.1, -0.05) is 19.1 Å². The minimum absolute atomic E-state index is 0.00699. The second-order valence-corrected chi connectivity index (χ2v) is 3.23. The van der Waals surface area contributed by atoms with Gasteiger partial charge in [-0.15, -0.1) is 11.6 Å². The Morgan fingerprint density at radius 2 is 2.00 bits per heavy atom. The lowest BCUT2D eigenvalue weighted by atomic mass is 10.2. The lowest BCUT2D eigenvalue weighted by molar-refractivity contribution is -0.118. The van der Waals surface area contributed by atoms with E-state index in [0.29, 0.717) is 5.75 Å². The summed E-state index contributed by atoms with van der Waals surface area (Å²) >= 11 is 5.34. The Balaban J connectivity index is 2.47. The number of hydrogen-bond donors (Lipinski definition) is 0. The summed E-state index contributed by atoms with van der Waals surface area (Å²) in [5, 5.41) is 0. The van der Waals surface area contributed by atoms with E-state index in [1.165, 1.54) is 5.56 Å². The number of ether oxygens (including phenoxy) is 1. The highest BCUT2D eigenvalue weighted by atomic mass is 35.5. The van der Waals surface area contributed by atoms with Crippen LogP contribution >= 0.6 is 11.6 Å². The fraction of sp³-hybridized carbons (Fsp3) is 0.364. The van der Waals surface area contributed by atoms with Crippen LogP contribution < -0.4 is 4.74 Å². The third kappa shape index (κ3) is 3.38. The van der Waals surface area contributed by atoms with Crippen molar-refractivity contribution in [1.82, 2.24) is 0 Å². The van der Waals surface area contributed by atoms with Gasteiger partial charge in [-0.25, -0.2) is 0 Å². The minimum atomic E-state index is -0.105. The third-order valence-corrected chi connectivity index (χ3v) is 2.18. The molecule has 1 rings (SSSR count). The van der Waals surface area contributed by atoms with Gasteiger partial charge >= 0.3 is 0 Å². The van der Waals surface area contributed by atoms with Crippen LogP contribution in [0.15, 0.2) is 24.3 Å². The van der Waals surface area contributed by atoms with Crippen LogP contribution in [0.5, 0.6) is 5.75 Å². The van der Waals surface area contributed by atoms with Crippen molar-refractivity contribution < 1.29 is 9.53 Å². The molecule has 0 unspecified atom stereocenters. The number of ketones is 1. The molecule has 0 saturated carbocycles. The van der Waals surface area contributed by atoms with E-state index in [-0.39, 0.29) is 18.3 Å². The van der Waals surface area contributed by atoms with E-state index < -0.39 is 0 Å². The summed E-state index contributed by atoms with van der Waals surface area (Å²) in [5.41, 5.74) is 1.25. The van der Waals surface area contributed by atoms with E-state index in [4.69, 9.17) is 16.3 Å². The molecule has 1 aromatic rings. The lowest BCUT2D eigenvalue weighted by Crippen LogP contribution is -2.12. The molecule has 0 aliphatic rings. The molecule has 0 aliphatic heterocycles. The molecule has 14 heavy (non-hydrogen) atoms. The zero-order valence-corrected chi connectivity index (χ0v) is 8.88. The molecular weight excluding hydrogens is 200 g/mol. The summed E-state index contributed by atoms with van der Waals surface area (Å²) in [6.07, 6.45) is 1.00. The van der Waals surface area contributed by atoms with Crippen molar-refractivity contribution in [3.05, 3.63) is 29.8 Å². The van der Waals surface area contributed by atoms with Crippen molar-refractivity contribution in [2.24, 2.45) is 0 Å². The molecule has 1 aromatic carbocycles. The Hall–Kier alpha value is -1.02. The normalized spacial score (nSPS) is 9.86. The zero-order valence-electron chi connectivity index (χ0n) is 8.13. The molecule has 0 atom stereocenters. The molecule has 0 saturated heterocycles. The third-order valence-electron chi connectivity index (χ3n) is 1.88. The summed E-state index contributed by atoms with van der Waals surface area (Å²) in [7, 11) is 0.